The number of aromatic nitrogens is 1. The first-order valence-corrected chi connectivity index (χ1v) is 8.11. The lowest BCUT2D eigenvalue weighted by Gasteiger charge is -2.15. The number of methoxy groups -OCH3 is 3. The Kier molecular flexibility index (Phi) is 7.13. The number of carbonyl (C=O) groups is 1. The number of nitrogens with one attached hydrogen (secondary N) is 1. The Balaban J connectivity index is 1.84. The minimum Gasteiger partial charge on any atom is -0.496 e. The maximum Gasteiger partial charge on any atom is 0.220 e. The predicted molar refractivity (Wildman–Crippen MR) is 92.3 cm³/mol. The van der Waals surface area contributed by atoms with Crippen LogP contribution >= 0.6 is 0 Å². The van der Waals surface area contributed by atoms with Gasteiger partial charge in [0, 0.05) is 36.2 Å². The zero-order valence-corrected chi connectivity index (χ0v) is 14.8. The van der Waals surface area contributed by atoms with Gasteiger partial charge < -0.3 is 24.1 Å². The molecule has 0 aliphatic carbocycles. The average molecular weight is 348 g/mol. The van der Waals surface area contributed by atoms with Gasteiger partial charge in [0.15, 0.2) is 0 Å². The molecule has 2 rings (SSSR count). The van der Waals surface area contributed by atoms with E-state index in [0.717, 1.165) is 24.0 Å². The second kappa shape index (κ2) is 9.56. The molecule has 0 aliphatic rings. The van der Waals surface area contributed by atoms with Gasteiger partial charge in [-0.15, -0.1) is 0 Å². The molecule has 0 atom stereocenters. The van der Waals surface area contributed by atoms with Crippen LogP contribution in [0.15, 0.2) is 29.1 Å². The number of nitrogens with zero attached hydrogens (tertiary/aromatic N) is 1. The molecule has 0 radical (unpaired) electrons. The summed E-state index contributed by atoms with van der Waals surface area (Å²) < 4.78 is 20.8. The molecule has 0 saturated heterocycles. The van der Waals surface area contributed by atoms with Gasteiger partial charge >= 0.3 is 0 Å². The van der Waals surface area contributed by atoms with Crippen LogP contribution in [0.25, 0.3) is 0 Å². The Hall–Kier alpha value is -2.70. The zero-order valence-electron chi connectivity index (χ0n) is 14.8. The molecule has 0 saturated carbocycles. The van der Waals surface area contributed by atoms with Crippen LogP contribution in [0.1, 0.15) is 24.0 Å². The summed E-state index contributed by atoms with van der Waals surface area (Å²) in [7, 11) is 4.76. The van der Waals surface area contributed by atoms with Crippen molar-refractivity contribution in [1.29, 1.82) is 0 Å². The van der Waals surface area contributed by atoms with Gasteiger partial charge in [-0.1, -0.05) is 5.16 Å². The van der Waals surface area contributed by atoms with E-state index in [0.29, 0.717) is 36.6 Å². The van der Waals surface area contributed by atoms with E-state index in [9.17, 15) is 4.79 Å². The molecule has 0 unspecified atom stereocenters. The van der Waals surface area contributed by atoms with Crippen molar-refractivity contribution in [3.8, 4) is 17.2 Å². The summed E-state index contributed by atoms with van der Waals surface area (Å²) in [6, 6.07) is 3.57. The fraction of sp³-hybridized carbons (Fsp3) is 0.444. The standard InChI is InChI=1S/C18H24N2O5/c1-22-14-9-16(23-2)15(17(10-14)24-3)6-7-18(21)19-8-4-5-13-11-20-25-12-13/h9-12H,4-8H2,1-3H3,(H,19,21). The average Bonchev–Trinajstić information content (AvgIpc) is 3.16. The Bertz CT molecular complexity index is 645. The van der Waals surface area contributed by atoms with Crippen molar-refractivity contribution < 1.29 is 23.5 Å². The van der Waals surface area contributed by atoms with Crippen molar-refractivity contribution in [3.05, 3.63) is 35.7 Å². The summed E-state index contributed by atoms with van der Waals surface area (Å²) in [5.74, 6) is 1.94. The highest BCUT2D eigenvalue weighted by Gasteiger charge is 2.14. The van der Waals surface area contributed by atoms with Crippen molar-refractivity contribution >= 4 is 5.91 Å². The van der Waals surface area contributed by atoms with Crippen LogP contribution in [0.3, 0.4) is 0 Å². The largest absolute Gasteiger partial charge is 0.496 e. The first-order valence-electron chi connectivity index (χ1n) is 8.11. The zero-order chi connectivity index (χ0) is 18.1. The number of rotatable bonds is 10. The van der Waals surface area contributed by atoms with E-state index in [1.54, 1.807) is 45.9 Å². The van der Waals surface area contributed by atoms with E-state index in [1.807, 2.05) is 0 Å². The second-order valence-electron chi connectivity index (χ2n) is 5.50. The second-order valence-corrected chi connectivity index (χ2v) is 5.50. The molecular weight excluding hydrogens is 324 g/mol. The van der Waals surface area contributed by atoms with Crippen LogP contribution in [0.2, 0.25) is 0 Å². The number of carbonyl (C=O) groups excluding carboxylic acids is 1. The van der Waals surface area contributed by atoms with E-state index >= 15 is 0 Å². The third kappa shape index (κ3) is 5.41. The Labute approximate surface area is 147 Å². The fourth-order valence-corrected chi connectivity index (χ4v) is 2.52. The molecule has 0 aliphatic heterocycles. The fourth-order valence-electron chi connectivity index (χ4n) is 2.52. The maximum atomic E-state index is 12.1. The number of hydrogen-bond acceptors (Lipinski definition) is 6. The van der Waals surface area contributed by atoms with Crippen molar-refractivity contribution in [2.24, 2.45) is 0 Å². The molecule has 1 amide bonds. The van der Waals surface area contributed by atoms with Crippen molar-refractivity contribution in [1.82, 2.24) is 10.5 Å². The lowest BCUT2D eigenvalue weighted by molar-refractivity contribution is -0.121. The molecule has 1 aromatic carbocycles. The summed E-state index contributed by atoms with van der Waals surface area (Å²) in [6.45, 7) is 0.612. The molecular formula is C18H24N2O5. The molecule has 1 aromatic heterocycles. The normalized spacial score (nSPS) is 10.4. The highest BCUT2D eigenvalue weighted by Crippen LogP contribution is 2.34. The van der Waals surface area contributed by atoms with Gasteiger partial charge in [-0.05, 0) is 19.3 Å². The summed E-state index contributed by atoms with van der Waals surface area (Å²) in [6.07, 6.45) is 5.83. The van der Waals surface area contributed by atoms with Gasteiger partial charge in [0.25, 0.3) is 0 Å². The molecule has 0 fully saturated rings. The summed E-state index contributed by atoms with van der Waals surface area (Å²) >= 11 is 0. The summed E-state index contributed by atoms with van der Waals surface area (Å²) in [5.41, 5.74) is 1.88. The first kappa shape index (κ1) is 18.6. The molecule has 7 heteroatoms. The van der Waals surface area contributed by atoms with Crippen molar-refractivity contribution in [3.63, 3.8) is 0 Å². The quantitative estimate of drug-likeness (QED) is 0.664. The van der Waals surface area contributed by atoms with Crippen LogP contribution in [0, 0.1) is 0 Å². The van der Waals surface area contributed by atoms with E-state index in [1.165, 1.54) is 0 Å². The monoisotopic (exact) mass is 348 g/mol. The SMILES string of the molecule is COc1cc(OC)c(CCC(=O)NCCCc2cnoc2)c(OC)c1. The van der Waals surface area contributed by atoms with E-state index in [4.69, 9.17) is 18.7 Å². The van der Waals surface area contributed by atoms with Gasteiger partial charge in [-0.3, -0.25) is 4.79 Å². The molecule has 136 valence electrons. The number of aryl methyl sites for hydroxylation is 1. The van der Waals surface area contributed by atoms with Gasteiger partial charge in [0.1, 0.15) is 23.5 Å². The molecule has 1 N–H and O–H groups in total. The van der Waals surface area contributed by atoms with Crippen molar-refractivity contribution in [2.75, 3.05) is 27.9 Å². The van der Waals surface area contributed by atoms with Crippen LogP contribution in [-0.4, -0.2) is 38.9 Å². The van der Waals surface area contributed by atoms with Crippen LogP contribution in [0.4, 0.5) is 0 Å². The lowest BCUT2D eigenvalue weighted by atomic mass is 10.1. The minimum atomic E-state index is -0.00903. The van der Waals surface area contributed by atoms with E-state index in [-0.39, 0.29) is 5.91 Å². The Morgan fingerprint density at radius 1 is 1.12 bits per heavy atom. The first-order chi connectivity index (χ1) is 12.2. The molecule has 25 heavy (non-hydrogen) atoms. The van der Waals surface area contributed by atoms with Gasteiger partial charge in [0.2, 0.25) is 5.91 Å². The molecule has 1 heterocycles. The van der Waals surface area contributed by atoms with Crippen LogP contribution < -0.4 is 19.5 Å². The third-order valence-corrected chi connectivity index (χ3v) is 3.87. The molecule has 0 bridgehead atoms. The van der Waals surface area contributed by atoms with Gasteiger partial charge in [-0.25, -0.2) is 0 Å². The maximum absolute atomic E-state index is 12.1. The van der Waals surface area contributed by atoms with Gasteiger partial charge in [0.05, 0.1) is 27.5 Å². The van der Waals surface area contributed by atoms with Crippen LogP contribution in [-0.2, 0) is 17.6 Å². The topological polar surface area (TPSA) is 82.8 Å². The number of amides is 1. The van der Waals surface area contributed by atoms with Crippen molar-refractivity contribution in [2.45, 2.75) is 25.7 Å². The van der Waals surface area contributed by atoms with E-state index < -0.39 is 0 Å². The predicted octanol–water partition coefficient (Wildman–Crippen LogP) is 2.38. The molecule has 2 aromatic rings. The minimum absolute atomic E-state index is 0.00903. The van der Waals surface area contributed by atoms with E-state index in [2.05, 4.69) is 10.5 Å². The molecule has 0 spiro atoms. The Morgan fingerprint density at radius 3 is 2.40 bits per heavy atom. The smallest absolute Gasteiger partial charge is 0.220 e. The Morgan fingerprint density at radius 2 is 1.84 bits per heavy atom. The highest BCUT2D eigenvalue weighted by atomic mass is 16.5. The third-order valence-electron chi connectivity index (χ3n) is 3.87. The number of ether oxygens (including phenoxy) is 3. The summed E-state index contributed by atoms with van der Waals surface area (Å²) in [4.78, 5) is 12.1. The highest BCUT2D eigenvalue weighted by molar-refractivity contribution is 5.76. The number of hydrogen-bond donors (Lipinski definition) is 1. The number of benzene rings is 1. The molecule has 7 nitrogen and oxygen atoms in total. The van der Waals surface area contributed by atoms with Crippen LogP contribution in [0.5, 0.6) is 17.2 Å². The lowest BCUT2D eigenvalue weighted by Crippen LogP contribution is -2.25. The van der Waals surface area contributed by atoms with Gasteiger partial charge in [-0.2, -0.15) is 0 Å². The summed E-state index contributed by atoms with van der Waals surface area (Å²) in [5, 5.41) is 6.57.